The number of hydrogen-bond acceptors (Lipinski definition) is 5. The van der Waals surface area contributed by atoms with Crippen LogP contribution in [0.1, 0.15) is 18.4 Å². The average molecular weight is 498 g/mol. The minimum atomic E-state index is -3.60. The summed E-state index contributed by atoms with van der Waals surface area (Å²) in [5, 5.41) is 4.52. The number of sulfonamides is 1. The minimum Gasteiger partial charge on any atom is -0.457 e. The number of nitrogens with one attached hydrogen (secondary N) is 1. The van der Waals surface area contributed by atoms with Gasteiger partial charge in [0, 0.05) is 24.0 Å². The molecule has 7 nitrogen and oxygen atoms in total. The third-order valence-electron chi connectivity index (χ3n) is 5.52. The molecular weight excluding hydrogens is 474 g/mol. The Hall–Kier alpha value is -3.20. The highest BCUT2D eigenvalue weighted by Crippen LogP contribution is 2.25. The number of amides is 1. The maximum Gasteiger partial charge on any atom is 0.243 e. The molecule has 1 aliphatic rings. The molecule has 1 heterocycles. The monoisotopic (exact) mass is 497 g/mol. The first kappa shape index (κ1) is 23.9. The van der Waals surface area contributed by atoms with E-state index in [1.807, 2.05) is 54.6 Å². The van der Waals surface area contributed by atoms with Gasteiger partial charge >= 0.3 is 0 Å². The third-order valence-corrected chi connectivity index (χ3v) is 7.69. The van der Waals surface area contributed by atoms with Crippen LogP contribution in [0.15, 0.2) is 88.9 Å². The van der Waals surface area contributed by atoms with Crippen LogP contribution >= 0.6 is 11.6 Å². The SMILES string of the molecule is O=C(N/N=C/c1ccc(Oc2ccccc2)cc1)C1CCN(S(=O)(=O)c2ccc(Cl)cc2)CC1. The molecule has 1 saturated heterocycles. The summed E-state index contributed by atoms with van der Waals surface area (Å²) in [6.07, 6.45) is 2.42. The number of carbonyl (C=O) groups is 1. The molecule has 34 heavy (non-hydrogen) atoms. The average Bonchev–Trinajstić information content (AvgIpc) is 2.86. The van der Waals surface area contributed by atoms with Crippen LogP contribution in [0.2, 0.25) is 5.02 Å². The number of halogens is 1. The summed E-state index contributed by atoms with van der Waals surface area (Å²) in [4.78, 5) is 12.7. The molecule has 3 aromatic rings. The zero-order valence-corrected chi connectivity index (χ0v) is 19.9. The van der Waals surface area contributed by atoms with Crippen molar-refractivity contribution in [3.8, 4) is 11.5 Å². The molecule has 1 N–H and O–H groups in total. The van der Waals surface area contributed by atoms with Gasteiger partial charge in [-0.2, -0.15) is 9.41 Å². The number of carbonyl (C=O) groups excluding carboxylic acids is 1. The van der Waals surface area contributed by atoms with Crippen LogP contribution in [0.4, 0.5) is 0 Å². The Kier molecular flexibility index (Phi) is 7.62. The Balaban J connectivity index is 1.26. The molecule has 3 aromatic carbocycles. The van der Waals surface area contributed by atoms with E-state index >= 15 is 0 Å². The maximum absolute atomic E-state index is 12.8. The van der Waals surface area contributed by atoms with Gasteiger partial charge in [0.1, 0.15) is 11.5 Å². The third kappa shape index (κ3) is 6.02. The molecule has 176 valence electrons. The van der Waals surface area contributed by atoms with Gasteiger partial charge < -0.3 is 4.74 Å². The zero-order chi connectivity index (χ0) is 24.0. The highest BCUT2D eigenvalue weighted by molar-refractivity contribution is 7.89. The number of nitrogens with zero attached hydrogens (tertiary/aromatic N) is 2. The van der Waals surface area contributed by atoms with Gasteiger partial charge in [-0.25, -0.2) is 13.8 Å². The lowest BCUT2D eigenvalue weighted by Gasteiger charge is -2.30. The Morgan fingerprint density at radius 3 is 2.21 bits per heavy atom. The molecule has 0 atom stereocenters. The minimum absolute atomic E-state index is 0.199. The molecule has 1 amide bonds. The van der Waals surface area contributed by atoms with E-state index in [0.717, 1.165) is 11.3 Å². The Morgan fingerprint density at radius 2 is 1.56 bits per heavy atom. The van der Waals surface area contributed by atoms with Gasteiger partial charge in [0.2, 0.25) is 15.9 Å². The van der Waals surface area contributed by atoms with Crippen molar-refractivity contribution < 1.29 is 17.9 Å². The number of hydrazone groups is 1. The van der Waals surface area contributed by atoms with E-state index in [-0.39, 0.29) is 29.8 Å². The van der Waals surface area contributed by atoms with Crippen molar-refractivity contribution in [3.05, 3.63) is 89.4 Å². The highest BCUT2D eigenvalue weighted by Gasteiger charge is 2.32. The smallest absolute Gasteiger partial charge is 0.243 e. The molecule has 0 saturated carbocycles. The van der Waals surface area contributed by atoms with E-state index in [1.54, 1.807) is 18.3 Å². The highest BCUT2D eigenvalue weighted by atomic mass is 35.5. The van der Waals surface area contributed by atoms with Crippen LogP contribution in [-0.2, 0) is 14.8 Å². The number of ether oxygens (including phenoxy) is 1. The van der Waals surface area contributed by atoms with Crippen LogP contribution < -0.4 is 10.2 Å². The molecule has 0 radical (unpaired) electrons. The van der Waals surface area contributed by atoms with E-state index < -0.39 is 10.0 Å². The Labute approximate surface area is 204 Å². The van der Waals surface area contributed by atoms with Gasteiger partial charge in [0.25, 0.3) is 0 Å². The molecule has 0 aliphatic carbocycles. The first-order chi connectivity index (χ1) is 16.4. The molecule has 0 bridgehead atoms. The summed E-state index contributed by atoms with van der Waals surface area (Å²) in [6.45, 7) is 0.547. The van der Waals surface area contributed by atoms with Crippen LogP contribution in [0.3, 0.4) is 0 Å². The van der Waals surface area contributed by atoms with E-state index in [4.69, 9.17) is 16.3 Å². The lowest BCUT2D eigenvalue weighted by atomic mass is 9.98. The lowest BCUT2D eigenvalue weighted by Crippen LogP contribution is -2.42. The van der Waals surface area contributed by atoms with Gasteiger partial charge in [0.05, 0.1) is 11.1 Å². The molecule has 0 spiro atoms. The van der Waals surface area contributed by atoms with E-state index in [9.17, 15) is 13.2 Å². The second-order valence-electron chi connectivity index (χ2n) is 7.85. The van der Waals surface area contributed by atoms with Crippen LogP contribution in [0.5, 0.6) is 11.5 Å². The largest absolute Gasteiger partial charge is 0.457 e. The van der Waals surface area contributed by atoms with E-state index in [1.165, 1.54) is 16.4 Å². The molecule has 0 unspecified atom stereocenters. The fourth-order valence-corrected chi connectivity index (χ4v) is 5.22. The summed E-state index contributed by atoms with van der Waals surface area (Å²) >= 11 is 5.85. The van der Waals surface area contributed by atoms with Crippen molar-refractivity contribution in [1.82, 2.24) is 9.73 Å². The van der Waals surface area contributed by atoms with Crippen LogP contribution in [0, 0.1) is 5.92 Å². The Bertz CT molecular complexity index is 1240. The number of benzene rings is 3. The predicted molar refractivity (Wildman–Crippen MR) is 132 cm³/mol. The first-order valence-electron chi connectivity index (χ1n) is 10.8. The summed E-state index contributed by atoms with van der Waals surface area (Å²) in [5.74, 6) is 0.940. The molecule has 1 fully saturated rings. The summed E-state index contributed by atoms with van der Waals surface area (Å²) in [5.41, 5.74) is 3.37. The Morgan fingerprint density at radius 1 is 0.941 bits per heavy atom. The van der Waals surface area contributed by atoms with Crippen molar-refractivity contribution in [1.29, 1.82) is 0 Å². The lowest BCUT2D eigenvalue weighted by molar-refractivity contribution is -0.126. The molecule has 0 aromatic heterocycles. The van der Waals surface area contributed by atoms with Crippen LogP contribution in [0.25, 0.3) is 0 Å². The molecule has 4 rings (SSSR count). The van der Waals surface area contributed by atoms with Crippen molar-refractivity contribution in [2.75, 3.05) is 13.1 Å². The second-order valence-corrected chi connectivity index (χ2v) is 10.2. The van der Waals surface area contributed by atoms with Crippen molar-refractivity contribution in [3.63, 3.8) is 0 Å². The van der Waals surface area contributed by atoms with Gasteiger partial charge in [0.15, 0.2) is 0 Å². The number of hydrogen-bond donors (Lipinski definition) is 1. The van der Waals surface area contributed by atoms with Crippen LogP contribution in [-0.4, -0.2) is 37.9 Å². The van der Waals surface area contributed by atoms with Gasteiger partial charge in [-0.3, -0.25) is 4.79 Å². The predicted octanol–water partition coefficient (Wildman–Crippen LogP) is 4.68. The van der Waals surface area contributed by atoms with Crippen molar-refractivity contribution in [2.45, 2.75) is 17.7 Å². The van der Waals surface area contributed by atoms with Crippen molar-refractivity contribution in [2.24, 2.45) is 11.0 Å². The quantitative estimate of drug-likeness (QED) is 0.379. The first-order valence-corrected chi connectivity index (χ1v) is 12.7. The van der Waals surface area contributed by atoms with Gasteiger partial charge in [-0.15, -0.1) is 0 Å². The molecular formula is C25H24ClN3O4S. The maximum atomic E-state index is 12.8. The van der Waals surface area contributed by atoms with E-state index in [2.05, 4.69) is 10.5 Å². The fraction of sp³-hybridized carbons (Fsp3) is 0.200. The molecule has 1 aliphatic heterocycles. The zero-order valence-electron chi connectivity index (χ0n) is 18.3. The topological polar surface area (TPSA) is 88.1 Å². The number of piperidine rings is 1. The van der Waals surface area contributed by atoms with Gasteiger partial charge in [-0.05, 0) is 79.1 Å². The molecule has 9 heteroatoms. The second kappa shape index (κ2) is 10.8. The van der Waals surface area contributed by atoms with E-state index in [0.29, 0.717) is 23.6 Å². The fourth-order valence-electron chi connectivity index (χ4n) is 3.62. The summed E-state index contributed by atoms with van der Waals surface area (Å²) in [6, 6.07) is 22.9. The normalized spacial score (nSPS) is 15.3. The summed E-state index contributed by atoms with van der Waals surface area (Å²) < 4.78 is 32.7. The summed E-state index contributed by atoms with van der Waals surface area (Å²) in [7, 11) is -3.60. The number of rotatable bonds is 7. The number of para-hydroxylation sites is 1. The van der Waals surface area contributed by atoms with Crippen molar-refractivity contribution >= 4 is 33.7 Å². The standard InChI is InChI=1S/C25H24ClN3O4S/c26-21-8-12-24(13-9-21)34(31,32)29-16-14-20(15-17-29)25(30)28-27-18-19-6-10-23(11-7-19)33-22-4-2-1-3-5-22/h1-13,18,20H,14-17H2,(H,28,30)/b27-18+. The van der Waals surface area contributed by atoms with Gasteiger partial charge in [-0.1, -0.05) is 29.8 Å².